The minimum absolute atomic E-state index is 0.211. The molecule has 2 N–H and O–H groups in total. The summed E-state index contributed by atoms with van der Waals surface area (Å²) in [6, 6.07) is 20.1. The number of aromatic hydroxyl groups is 1. The van der Waals surface area contributed by atoms with Gasteiger partial charge in [0, 0.05) is 17.0 Å². The van der Waals surface area contributed by atoms with Gasteiger partial charge in [0.2, 0.25) is 5.88 Å². The molecule has 2 aromatic carbocycles. The van der Waals surface area contributed by atoms with Crippen LogP contribution in [0.5, 0.6) is 5.88 Å². The Morgan fingerprint density at radius 2 is 1.82 bits per heavy atom. The van der Waals surface area contributed by atoms with E-state index in [1.165, 1.54) is 10.8 Å². The van der Waals surface area contributed by atoms with Crippen LogP contribution in [-0.2, 0) is 0 Å². The van der Waals surface area contributed by atoms with Crippen LogP contribution in [0.15, 0.2) is 82.8 Å². The summed E-state index contributed by atoms with van der Waals surface area (Å²) in [5.41, 5.74) is 4.99. The van der Waals surface area contributed by atoms with E-state index in [0.29, 0.717) is 22.2 Å². The molecule has 0 atom stereocenters. The number of hydrogen-bond acceptors (Lipinski definition) is 5. The maximum absolute atomic E-state index is 12.9. The van der Waals surface area contributed by atoms with Gasteiger partial charge in [-0.2, -0.15) is 5.10 Å². The second kappa shape index (κ2) is 7.36. The molecular formula is C22H18N4O2. The van der Waals surface area contributed by atoms with Crippen molar-refractivity contribution in [3.05, 3.63) is 94.4 Å². The van der Waals surface area contributed by atoms with Crippen LogP contribution in [0.1, 0.15) is 11.1 Å². The van der Waals surface area contributed by atoms with Crippen LogP contribution < -0.4 is 11.0 Å². The van der Waals surface area contributed by atoms with Crippen LogP contribution in [0.3, 0.4) is 0 Å². The number of benzene rings is 2. The van der Waals surface area contributed by atoms with E-state index >= 15 is 0 Å². The van der Waals surface area contributed by atoms with Gasteiger partial charge >= 0.3 is 0 Å². The fourth-order valence-electron chi connectivity index (χ4n) is 3.07. The quantitative estimate of drug-likeness (QED) is 0.422. The molecular weight excluding hydrogens is 352 g/mol. The van der Waals surface area contributed by atoms with Crippen molar-refractivity contribution >= 4 is 22.7 Å². The first kappa shape index (κ1) is 17.5. The maximum Gasteiger partial charge on any atom is 0.267 e. The number of nitrogens with zero attached hydrogens (tertiary/aromatic N) is 3. The van der Waals surface area contributed by atoms with Gasteiger partial charge < -0.3 is 5.11 Å². The highest BCUT2D eigenvalue weighted by molar-refractivity contribution is 6.01. The van der Waals surface area contributed by atoms with Crippen molar-refractivity contribution in [2.75, 3.05) is 5.43 Å². The predicted molar refractivity (Wildman–Crippen MR) is 111 cm³/mol. The van der Waals surface area contributed by atoms with Gasteiger partial charge in [0.15, 0.2) is 0 Å². The number of pyridine rings is 2. The van der Waals surface area contributed by atoms with Crippen molar-refractivity contribution < 1.29 is 5.11 Å². The van der Waals surface area contributed by atoms with E-state index in [1.807, 2.05) is 37.3 Å². The summed E-state index contributed by atoms with van der Waals surface area (Å²) >= 11 is 0. The summed E-state index contributed by atoms with van der Waals surface area (Å²) < 4.78 is 1.19. The number of hydrogen-bond donors (Lipinski definition) is 2. The summed E-state index contributed by atoms with van der Waals surface area (Å²) in [4.78, 5) is 17.1. The third-order valence-electron chi connectivity index (χ3n) is 4.39. The van der Waals surface area contributed by atoms with E-state index in [4.69, 9.17) is 0 Å². The molecule has 0 radical (unpaired) electrons. The average Bonchev–Trinajstić information content (AvgIpc) is 2.71. The molecule has 0 spiro atoms. The molecule has 4 rings (SSSR count). The van der Waals surface area contributed by atoms with Gasteiger partial charge in [-0.3, -0.25) is 10.2 Å². The molecule has 0 aliphatic carbocycles. The van der Waals surface area contributed by atoms with E-state index in [2.05, 4.69) is 15.5 Å². The Kier molecular flexibility index (Phi) is 4.60. The zero-order valence-electron chi connectivity index (χ0n) is 15.2. The molecule has 0 amide bonds. The fraction of sp³-hybridized carbons (Fsp3) is 0.0455. The fourth-order valence-corrected chi connectivity index (χ4v) is 3.07. The first-order valence-electron chi connectivity index (χ1n) is 8.79. The van der Waals surface area contributed by atoms with Gasteiger partial charge in [0.1, 0.15) is 5.82 Å². The van der Waals surface area contributed by atoms with E-state index in [0.717, 1.165) is 11.3 Å². The van der Waals surface area contributed by atoms with Gasteiger partial charge in [0.05, 0.1) is 17.5 Å². The minimum atomic E-state index is -0.337. The average molecular weight is 370 g/mol. The maximum atomic E-state index is 12.9. The highest BCUT2D eigenvalue weighted by Crippen LogP contribution is 2.25. The standard InChI is InChI=1S/C22H18N4O2/c1-15-7-6-8-16(13-15)25-24-14-19-17-9-2-3-10-18(17)21(27)26(22(19)28)20-11-4-5-12-23-20/h2-14,25,28H,1H3/b24-14+. The molecule has 2 heterocycles. The summed E-state index contributed by atoms with van der Waals surface area (Å²) in [7, 11) is 0. The Morgan fingerprint density at radius 1 is 1.04 bits per heavy atom. The Labute approximate surface area is 161 Å². The van der Waals surface area contributed by atoms with Crippen LogP contribution in [0.4, 0.5) is 5.69 Å². The molecule has 0 aliphatic heterocycles. The molecule has 138 valence electrons. The first-order chi connectivity index (χ1) is 13.6. The molecule has 6 nitrogen and oxygen atoms in total. The van der Waals surface area contributed by atoms with Crippen LogP contribution in [-0.4, -0.2) is 20.9 Å². The van der Waals surface area contributed by atoms with Crippen molar-refractivity contribution in [1.82, 2.24) is 9.55 Å². The molecule has 0 fully saturated rings. The number of anilines is 1. The van der Waals surface area contributed by atoms with Gasteiger partial charge in [-0.15, -0.1) is 0 Å². The Hall–Kier alpha value is -3.93. The summed E-state index contributed by atoms with van der Waals surface area (Å²) in [6.45, 7) is 2.00. The predicted octanol–water partition coefficient (Wildman–Crippen LogP) is 3.85. The number of aromatic nitrogens is 2. The van der Waals surface area contributed by atoms with Crippen LogP contribution in [0, 0.1) is 6.92 Å². The molecule has 0 bridgehead atoms. The number of fused-ring (bicyclic) bond motifs is 1. The van der Waals surface area contributed by atoms with Crippen LogP contribution in [0.25, 0.3) is 16.6 Å². The normalized spacial score (nSPS) is 11.2. The van der Waals surface area contributed by atoms with Crippen LogP contribution in [0.2, 0.25) is 0 Å². The lowest BCUT2D eigenvalue weighted by Crippen LogP contribution is -2.21. The molecule has 6 heteroatoms. The topological polar surface area (TPSA) is 79.5 Å². The zero-order valence-corrected chi connectivity index (χ0v) is 15.2. The van der Waals surface area contributed by atoms with Crippen molar-refractivity contribution in [3.8, 4) is 11.7 Å². The van der Waals surface area contributed by atoms with Gasteiger partial charge in [-0.05, 0) is 42.8 Å². The highest BCUT2D eigenvalue weighted by Gasteiger charge is 2.16. The molecule has 0 saturated heterocycles. The van der Waals surface area contributed by atoms with Gasteiger partial charge in [-0.25, -0.2) is 9.55 Å². The first-order valence-corrected chi connectivity index (χ1v) is 8.79. The smallest absolute Gasteiger partial charge is 0.267 e. The molecule has 28 heavy (non-hydrogen) atoms. The number of hydrazone groups is 1. The number of rotatable bonds is 4. The van der Waals surface area contributed by atoms with Crippen molar-refractivity contribution in [1.29, 1.82) is 0 Å². The summed E-state index contributed by atoms with van der Waals surface area (Å²) in [5.74, 6) is 0.134. The third-order valence-corrected chi connectivity index (χ3v) is 4.39. The molecule has 0 aliphatic rings. The van der Waals surface area contributed by atoms with Gasteiger partial charge in [0.25, 0.3) is 5.56 Å². The second-order valence-electron chi connectivity index (χ2n) is 6.35. The molecule has 4 aromatic rings. The van der Waals surface area contributed by atoms with E-state index in [1.54, 1.807) is 42.6 Å². The summed E-state index contributed by atoms with van der Waals surface area (Å²) in [5, 5.41) is 16.2. The molecule has 2 aromatic heterocycles. The van der Waals surface area contributed by atoms with Crippen LogP contribution >= 0.6 is 0 Å². The van der Waals surface area contributed by atoms with E-state index in [-0.39, 0.29) is 11.4 Å². The lowest BCUT2D eigenvalue weighted by Gasteiger charge is -2.12. The second-order valence-corrected chi connectivity index (χ2v) is 6.35. The SMILES string of the molecule is Cc1cccc(N/N=C/c2c(O)n(-c3ccccn3)c(=O)c3ccccc23)c1. The van der Waals surface area contributed by atoms with E-state index in [9.17, 15) is 9.90 Å². The number of nitrogens with one attached hydrogen (secondary N) is 1. The Balaban J connectivity index is 1.85. The molecule has 0 unspecified atom stereocenters. The van der Waals surface area contributed by atoms with Crippen molar-refractivity contribution in [2.24, 2.45) is 5.10 Å². The number of aryl methyl sites for hydroxylation is 1. The minimum Gasteiger partial charge on any atom is -0.494 e. The molecule has 0 saturated carbocycles. The Bertz CT molecular complexity index is 1230. The zero-order chi connectivity index (χ0) is 19.5. The van der Waals surface area contributed by atoms with Crippen molar-refractivity contribution in [3.63, 3.8) is 0 Å². The van der Waals surface area contributed by atoms with Crippen molar-refractivity contribution in [2.45, 2.75) is 6.92 Å². The lowest BCUT2D eigenvalue weighted by molar-refractivity contribution is 0.435. The Morgan fingerprint density at radius 3 is 2.57 bits per heavy atom. The lowest BCUT2D eigenvalue weighted by atomic mass is 10.1. The summed E-state index contributed by atoms with van der Waals surface area (Å²) in [6.07, 6.45) is 3.09. The third kappa shape index (κ3) is 3.23. The van der Waals surface area contributed by atoms with Gasteiger partial charge in [-0.1, -0.05) is 36.4 Å². The monoisotopic (exact) mass is 370 g/mol. The van der Waals surface area contributed by atoms with E-state index < -0.39 is 0 Å². The highest BCUT2D eigenvalue weighted by atomic mass is 16.3. The largest absolute Gasteiger partial charge is 0.494 e.